The van der Waals surface area contributed by atoms with Crippen LogP contribution in [0.4, 0.5) is 0 Å². The number of pyridine rings is 1. The van der Waals surface area contributed by atoms with E-state index in [1.54, 1.807) is 67.9 Å². The molecule has 2 heterocycles. The normalized spacial score (nSPS) is 12.6. The van der Waals surface area contributed by atoms with Gasteiger partial charge in [-0.2, -0.15) is 0 Å². The van der Waals surface area contributed by atoms with E-state index in [0.717, 1.165) is 11.1 Å². The van der Waals surface area contributed by atoms with E-state index >= 15 is 0 Å². The van der Waals surface area contributed by atoms with Crippen LogP contribution in [0.15, 0.2) is 66.9 Å². The Balaban J connectivity index is 1.36. The molecule has 0 saturated carbocycles. The lowest BCUT2D eigenvalue weighted by Crippen LogP contribution is -2.29. The quantitative estimate of drug-likeness (QED) is 0.402. The number of fused-ring (bicyclic) bond motifs is 1. The Morgan fingerprint density at radius 2 is 1.64 bits per heavy atom. The molecule has 0 unspecified atom stereocenters. The lowest BCUT2D eigenvalue weighted by molar-refractivity contribution is 0.0641. The smallest absolute Gasteiger partial charge is 0.261 e. The van der Waals surface area contributed by atoms with Gasteiger partial charge in [-0.1, -0.05) is 30.3 Å². The van der Waals surface area contributed by atoms with Crippen LogP contribution in [0.1, 0.15) is 42.2 Å². The summed E-state index contributed by atoms with van der Waals surface area (Å²) in [6.07, 6.45) is 1.63. The van der Waals surface area contributed by atoms with Crippen LogP contribution in [0.2, 0.25) is 0 Å². The summed E-state index contributed by atoms with van der Waals surface area (Å²) in [6.45, 7) is 1.20. The van der Waals surface area contributed by atoms with Crippen molar-refractivity contribution in [3.63, 3.8) is 0 Å². The number of benzene rings is 2. The second kappa shape index (κ2) is 10.1. The first kappa shape index (κ1) is 22.2. The maximum Gasteiger partial charge on any atom is 0.261 e. The molecule has 0 bridgehead atoms. The van der Waals surface area contributed by atoms with E-state index in [1.165, 1.54) is 4.90 Å². The summed E-state index contributed by atoms with van der Waals surface area (Å²) < 4.78 is 10.6. The molecule has 33 heavy (non-hydrogen) atoms. The third kappa shape index (κ3) is 4.91. The van der Waals surface area contributed by atoms with Crippen molar-refractivity contribution < 1.29 is 23.9 Å². The molecular weight excluding hydrogens is 422 g/mol. The number of nitrogens with one attached hydrogen (secondary N) is 1. The molecule has 8 heteroatoms. The van der Waals surface area contributed by atoms with E-state index in [0.29, 0.717) is 35.8 Å². The van der Waals surface area contributed by atoms with Gasteiger partial charge in [-0.3, -0.25) is 19.3 Å². The number of ether oxygens (including phenoxy) is 2. The van der Waals surface area contributed by atoms with Crippen LogP contribution < -0.4 is 10.1 Å². The number of amides is 3. The van der Waals surface area contributed by atoms with Crippen LogP contribution in [0, 0.1) is 0 Å². The molecule has 1 aliphatic rings. The molecule has 0 spiro atoms. The maximum atomic E-state index is 12.6. The average Bonchev–Trinajstić information content (AvgIpc) is 3.09. The van der Waals surface area contributed by atoms with Crippen molar-refractivity contribution >= 4 is 17.7 Å². The van der Waals surface area contributed by atoms with E-state index in [1.807, 2.05) is 6.07 Å². The predicted molar refractivity (Wildman–Crippen MR) is 120 cm³/mol. The fraction of sp³-hybridized carbons (Fsp3) is 0.200. The highest BCUT2D eigenvalue weighted by Gasteiger charge is 2.34. The van der Waals surface area contributed by atoms with Crippen molar-refractivity contribution in [3.8, 4) is 5.88 Å². The molecule has 0 aliphatic carbocycles. The Hall–Kier alpha value is -4.04. The van der Waals surface area contributed by atoms with E-state index in [9.17, 15) is 14.4 Å². The fourth-order valence-corrected chi connectivity index (χ4v) is 3.51. The van der Waals surface area contributed by atoms with E-state index in [2.05, 4.69) is 10.3 Å². The molecule has 0 atom stereocenters. The molecule has 3 aromatic rings. The van der Waals surface area contributed by atoms with E-state index in [-0.39, 0.29) is 30.8 Å². The zero-order chi connectivity index (χ0) is 23.2. The van der Waals surface area contributed by atoms with Gasteiger partial charge in [0.05, 0.1) is 24.3 Å². The number of carbonyl (C=O) groups is 3. The molecule has 168 valence electrons. The Kier molecular flexibility index (Phi) is 6.75. The fourth-order valence-electron chi connectivity index (χ4n) is 3.51. The number of aromatic nitrogens is 1. The lowest BCUT2D eigenvalue weighted by Gasteiger charge is -2.14. The molecule has 4 rings (SSSR count). The summed E-state index contributed by atoms with van der Waals surface area (Å²) in [6, 6.07) is 17.2. The number of methoxy groups -OCH3 is 1. The van der Waals surface area contributed by atoms with Crippen molar-refractivity contribution in [1.29, 1.82) is 0 Å². The molecule has 1 aromatic heterocycles. The van der Waals surface area contributed by atoms with Crippen molar-refractivity contribution in [1.82, 2.24) is 15.2 Å². The van der Waals surface area contributed by atoms with E-state index < -0.39 is 0 Å². The van der Waals surface area contributed by atoms with Crippen molar-refractivity contribution in [3.05, 3.63) is 94.7 Å². The molecule has 0 saturated heterocycles. The van der Waals surface area contributed by atoms with Crippen LogP contribution in [-0.4, -0.2) is 47.9 Å². The highest BCUT2D eigenvalue weighted by Crippen LogP contribution is 2.24. The van der Waals surface area contributed by atoms with Crippen LogP contribution >= 0.6 is 0 Å². The second-order valence-electron chi connectivity index (χ2n) is 7.43. The Labute approximate surface area is 191 Å². The molecule has 0 fully saturated rings. The minimum absolute atomic E-state index is 0.145. The average molecular weight is 445 g/mol. The van der Waals surface area contributed by atoms with Crippen molar-refractivity contribution in [2.75, 3.05) is 20.3 Å². The summed E-state index contributed by atoms with van der Waals surface area (Å²) >= 11 is 0. The topological polar surface area (TPSA) is 97.8 Å². The number of nitrogens with zero attached hydrogens (tertiary/aromatic N) is 2. The van der Waals surface area contributed by atoms with Crippen LogP contribution in [0.3, 0.4) is 0 Å². The number of hydrogen-bond donors (Lipinski definition) is 1. The number of imide groups is 1. The summed E-state index contributed by atoms with van der Waals surface area (Å²) in [5.41, 5.74) is 2.80. The van der Waals surface area contributed by atoms with Gasteiger partial charge < -0.3 is 14.8 Å². The molecule has 1 N–H and O–H groups in total. The van der Waals surface area contributed by atoms with Gasteiger partial charge in [-0.05, 0) is 35.9 Å². The summed E-state index contributed by atoms with van der Waals surface area (Å²) in [5.74, 6) is -0.421. The van der Waals surface area contributed by atoms with Gasteiger partial charge in [0, 0.05) is 31.0 Å². The largest absolute Gasteiger partial charge is 0.475 e. The highest BCUT2D eigenvalue weighted by atomic mass is 16.5. The maximum absolute atomic E-state index is 12.6. The first-order valence-corrected chi connectivity index (χ1v) is 10.5. The van der Waals surface area contributed by atoms with Crippen LogP contribution in [-0.2, 0) is 17.8 Å². The van der Waals surface area contributed by atoms with Crippen molar-refractivity contribution in [2.24, 2.45) is 0 Å². The monoisotopic (exact) mass is 445 g/mol. The first-order chi connectivity index (χ1) is 16.1. The zero-order valence-corrected chi connectivity index (χ0v) is 18.1. The Morgan fingerprint density at radius 1 is 0.939 bits per heavy atom. The standard InChI is InChI=1S/C25H23N3O5/c1-32-13-14-33-23-19(5-4-12-26-23)15-27-22(29)18-10-8-17(9-11-18)16-28-24(30)20-6-2-3-7-21(20)25(28)31/h2-12H,13-16H2,1H3,(H,27,29). The van der Waals surface area contributed by atoms with Gasteiger partial charge in [-0.25, -0.2) is 4.98 Å². The van der Waals surface area contributed by atoms with Crippen molar-refractivity contribution in [2.45, 2.75) is 13.1 Å². The van der Waals surface area contributed by atoms with Gasteiger partial charge in [0.2, 0.25) is 5.88 Å². The molecule has 8 nitrogen and oxygen atoms in total. The number of hydrogen-bond acceptors (Lipinski definition) is 6. The van der Waals surface area contributed by atoms with Gasteiger partial charge in [0.1, 0.15) is 6.61 Å². The molecule has 3 amide bonds. The molecule has 2 aromatic carbocycles. The molecule has 0 radical (unpaired) electrons. The van der Waals surface area contributed by atoms with Gasteiger partial charge in [0.25, 0.3) is 17.7 Å². The summed E-state index contributed by atoms with van der Waals surface area (Å²) in [4.78, 5) is 43.1. The third-order valence-corrected chi connectivity index (χ3v) is 5.25. The minimum atomic E-state index is -0.308. The highest BCUT2D eigenvalue weighted by molar-refractivity contribution is 6.21. The van der Waals surface area contributed by atoms with E-state index in [4.69, 9.17) is 9.47 Å². The molecular formula is C25H23N3O5. The lowest BCUT2D eigenvalue weighted by atomic mass is 10.1. The van der Waals surface area contributed by atoms with Gasteiger partial charge in [0.15, 0.2) is 0 Å². The molecule has 1 aliphatic heterocycles. The summed E-state index contributed by atoms with van der Waals surface area (Å²) in [7, 11) is 1.59. The van der Waals surface area contributed by atoms with Gasteiger partial charge in [-0.15, -0.1) is 0 Å². The second-order valence-corrected chi connectivity index (χ2v) is 7.43. The third-order valence-electron chi connectivity index (χ3n) is 5.25. The van der Waals surface area contributed by atoms with Crippen LogP contribution in [0.5, 0.6) is 5.88 Å². The summed E-state index contributed by atoms with van der Waals surface area (Å²) in [5, 5.41) is 2.86. The number of carbonyl (C=O) groups excluding carboxylic acids is 3. The Bertz CT molecular complexity index is 1140. The SMILES string of the molecule is COCCOc1ncccc1CNC(=O)c1ccc(CN2C(=O)c3ccccc3C2=O)cc1. The predicted octanol–water partition coefficient (Wildman–Crippen LogP) is 2.83. The Morgan fingerprint density at radius 3 is 2.30 bits per heavy atom. The minimum Gasteiger partial charge on any atom is -0.475 e. The van der Waals surface area contributed by atoms with Gasteiger partial charge >= 0.3 is 0 Å². The zero-order valence-electron chi connectivity index (χ0n) is 18.1. The number of rotatable bonds is 9. The van der Waals surface area contributed by atoms with Crippen LogP contribution in [0.25, 0.3) is 0 Å². The first-order valence-electron chi connectivity index (χ1n) is 10.5.